The van der Waals surface area contributed by atoms with E-state index in [-0.39, 0.29) is 35.8 Å². The number of rotatable bonds is 5. The Balaban J connectivity index is 1.32. The highest BCUT2D eigenvalue weighted by Gasteiger charge is 2.71. The van der Waals surface area contributed by atoms with Gasteiger partial charge in [0.25, 0.3) is 10.0 Å². The summed E-state index contributed by atoms with van der Waals surface area (Å²) in [5.41, 5.74) is 2.63. The Kier molecular flexibility index (Phi) is 5.71. The van der Waals surface area contributed by atoms with Crippen LogP contribution in [0.15, 0.2) is 78.1 Å². The number of aromatic nitrogens is 5. The van der Waals surface area contributed by atoms with E-state index in [0.717, 1.165) is 39.7 Å². The number of alkyl halides is 3. The fraction of sp³-hybridized carbons (Fsp3) is 0.276. The van der Waals surface area contributed by atoms with Crippen LogP contribution in [-0.2, 0) is 28.7 Å². The van der Waals surface area contributed by atoms with E-state index in [1.54, 1.807) is 23.0 Å². The summed E-state index contributed by atoms with van der Waals surface area (Å²) in [5.74, 6) is -0.704. The van der Waals surface area contributed by atoms with Crippen LogP contribution in [0.25, 0.3) is 16.6 Å². The number of hydrogen-bond donors (Lipinski definition) is 0. The van der Waals surface area contributed by atoms with Gasteiger partial charge in [-0.2, -0.15) is 32.5 Å². The number of benzene rings is 3. The number of hydrogen-bond acceptors (Lipinski definition) is 5. The lowest BCUT2D eigenvalue weighted by atomic mass is 9.86. The molecule has 1 saturated heterocycles. The third-order valence-electron chi connectivity index (χ3n) is 8.61. The monoisotopic (exact) mass is 596 g/mol. The van der Waals surface area contributed by atoms with Crippen LogP contribution in [0.3, 0.4) is 0 Å². The fourth-order valence-corrected chi connectivity index (χ4v) is 8.08. The first-order chi connectivity index (χ1) is 19.9. The first-order valence-electron chi connectivity index (χ1n) is 13.2. The molecule has 0 N–H and O–H groups in total. The molecule has 2 fully saturated rings. The molecule has 0 radical (unpaired) electrons. The van der Waals surface area contributed by atoms with Gasteiger partial charge in [0.05, 0.1) is 29.2 Å². The van der Waals surface area contributed by atoms with Gasteiger partial charge >= 0.3 is 6.18 Å². The molecule has 7 rings (SSSR count). The average molecular weight is 597 g/mol. The van der Waals surface area contributed by atoms with Crippen LogP contribution in [0, 0.1) is 18.7 Å². The van der Waals surface area contributed by atoms with Crippen molar-refractivity contribution in [1.29, 1.82) is 0 Å². The standard InChI is InChI=1S/C29H24F4N6O2S/c1-17-11-25-19(13-35-39(25)22-9-7-21(30)8-10-22)12-23(17)28-16-38(42(40,41)26-14-34-37(2)36-26)15-24(28)27(28)18-3-5-20(6-4-18)29(31,32)33/h3-14,24,27H,15-16H2,1-2H3/t24-,27-,28+/m0/s1. The normalized spacial score (nSPS) is 22.5. The van der Waals surface area contributed by atoms with Crippen molar-refractivity contribution in [2.75, 3.05) is 13.1 Å². The molecule has 0 spiro atoms. The number of aryl methyl sites for hydroxylation is 2. The van der Waals surface area contributed by atoms with Gasteiger partial charge in [-0.25, -0.2) is 17.5 Å². The van der Waals surface area contributed by atoms with E-state index in [9.17, 15) is 26.0 Å². The van der Waals surface area contributed by atoms with Gasteiger partial charge < -0.3 is 0 Å². The van der Waals surface area contributed by atoms with E-state index in [1.807, 2.05) is 19.1 Å². The van der Waals surface area contributed by atoms with Gasteiger partial charge in [-0.1, -0.05) is 12.1 Å². The van der Waals surface area contributed by atoms with Crippen LogP contribution in [0.1, 0.15) is 28.2 Å². The predicted octanol–water partition coefficient (Wildman–Crippen LogP) is 4.98. The molecule has 42 heavy (non-hydrogen) atoms. The maximum atomic E-state index is 13.5. The van der Waals surface area contributed by atoms with Crippen molar-refractivity contribution in [3.8, 4) is 5.69 Å². The van der Waals surface area contributed by atoms with E-state index < -0.39 is 27.2 Å². The third kappa shape index (κ3) is 3.97. The Morgan fingerprint density at radius 1 is 0.976 bits per heavy atom. The molecular weight excluding hydrogens is 572 g/mol. The lowest BCUT2D eigenvalue weighted by Crippen LogP contribution is -2.35. The Bertz CT molecular complexity index is 1950. The molecule has 0 amide bonds. The minimum Gasteiger partial charge on any atom is -0.233 e. The SMILES string of the molecule is Cc1cc2c(cnn2-c2ccc(F)cc2)cc1[C@]12CN(S(=O)(=O)c3cnn(C)n3)C[C@H]1[C@@H]2c1ccc(C(F)(F)F)cc1. The topological polar surface area (TPSA) is 85.9 Å². The minimum atomic E-state index is -4.45. The molecule has 3 atom stereocenters. The van der Waals surface area contributed by atoms with Crippen molar-refractivity contribution >= 4 is 20.9 Å². The highest BCUT2D eigenvalue weighted by Crippen LogP contribution is 2.70. The van der Waals surface area contributed by atoms with Gasteiger partial charge in [-0.3, -0.25) is 0 Å². The second-order valence-electron chi connectivity index (χ2n) is 11.0. The van der Waals surface area contributed by atoms with Crippen molar-refractivity contribution in [3.05, 3.63) is 101 Å². The van der Waals surface area contributed by atoms with Crippen LogP contribution in [-0.4, -0.2) is 50.6 Å². The Labute approximate surface area is 238 Å². The molecule has 3 heterocycles. The van der Waals surface area contributed by atoms with E-state index in [2.05, 4.69) is 15.3 Å². The lowest BCUT2D eigenvalue weighted by molar-refractivity contribution is -0.137. The Morgan fingerprint density at radius 2 is 1.69 bits per heavy atom. The number of piperidine rings is 1. The quantitative estimate of drug-likeness (QED) is 0.268. The van der Waals surface area contributed by atoms with Gasteiger partial charge in [0.2, 0.25) is 5.03 Å². The summed E-state index contributed by atoms with van der Waals surface area (Å²) in [4.78, 5) is 1.18. The second kappa shape index (κ2) is 8.95. The molecule has 8 nitrogen and oxygen atoms in total. The van der Waals surface area contributed by atoms with E-state index in [1.165, 1.54) is 46.6 Å². The number of sulfonamides is 1. The highest BCUT2D eigenvalue weighted by atomic mass is 32.2. The van der Waals surface area contributed by atoms with Crippen LogP contribution in [0.2, 0.25) is 0 Å². The number of halogens is 4. The number of nitrogens with zero attached hydrogens (tertiary/aromatic N) is 6. The molecule has 2 aromatic heterocycles. The van der Waals surface area contributed by atoms with Crippen molar-refractivity contribution in [2.24, 2.45) is 13.0 Å². The first-order valence-corrected chi connectivity index (χ1v) is 14.6. The molecule has 5 aromatic rings. The fourth-order valence-electron chi connectivity index (χ4n) is 6.67. The second-order valence-corrected chi connectivity index (χ2v) is 12.9. The van der Waals surface area contributed by atoms with Crippen molar-refractivity contribution in [3.63, 3.8) is 0 Å². The minimum absolute atomic E-state index is 0.140. The van der Waals surface area contributed by atoms with Crippen molar-refractivity contribution in [1.82, 2.24) is 29.1 Å². The molecule has 3 aromatic carbocycles. The summed E-state index contributed by atoms with van der Waals surface area (Å²) < 4.78 is 83.5. The first kappa shape index (κ1) is 26.8. The van der Waals surface area contributed by atoms with Gasteiger partial charge in [0.15, 0.2) is 0 Å². The summed E-state index contributed by atoms with van der Waals surface area (Å²) in [7, 11) is -2.41. The zero-order chi connectivity index (χ0) is 29.6. The van der Waals surface area contributed by atoms with E-state index in [0.29, 0.717) is 5.69 Å². The smallest absolute Gasteiger partial charge is 0.233 e. The number of fused-ring (bicyclic) bond motifs is 2. The Morgan fingerprint density at radius 3 is 2.33 bits per heavy atom. The summed E-state index contributed by atoms with van der Waals surface area (Å²) >= 11 is 0. The van der Waals surface area contributed by atoms with Gasteiger partial charge in [-0.05, 0) is 78.1 Å². The molecule has 1 aliphatic carbocycles. The lowest BCUT2D eigenvalue weighted by Gasteiger charge is -2.25. The van der Waals surface area contributed by atoms with Gasteiger partial charge in [0, 0.05) is 36.9 Å². The summed E-state index contributed by atoms with van der Waals surface area (Å²) in [6.07, 6.45) is -1.55. The maximum Gasteiger partial charge on any atom is 0.416 e. The molecule has 2 aliphatic rings. The maximum absolute atomic E-state index is 13.5. The zero-order valence-corrected chi connectivity index (χ0v) is 23.2. The molecule has 216 valence electrons. The van der Waals surface area contributed by atoms with E-state index in [4.69, 9.17) is 0 Å². The summed E-state index contributed by atoms with van der Waals surface area (Å²) in [5, 5.41) is 13.1. The molecule has 13 heteroatoms. The van der Waals surface area contributed by atoms with Crippen molar-refractivity contribution < 1.29 is 26.0 Å². The largest absolute Gasteiger partial charge is 0.416 e. The zero-order valence-electron chi connectivity index (χ0n) is 22.4. The van der Waals surface area contributed by atoms with Crippen molar-refractivity contribution in [2.45, 2.75) is 29.5 Å². The molecule has 0 unspecified atom stereocenters. The molecular formula is C29H24F4N6O2S. The highest BCUT2D eigenvalue weighted by molar-refractivity contribution is 7.89. The van der Waals surface area contributed by atoms with Crippen LogP contribution in [0.4, 0.5) is 17.6 Å². The van der Waals surface area contributed by atoms with Gasteiger partial charge in [-0.15, -0.1) is 5.10 Å². The van der Waals surface area contributed by atoms with E-state index >= 15 is 0 Å². The van der Waals surface area contributed by atoms with Crippen LogP contribution in [0.5, 0.6) is 0 Å². The molecule has 1 saturated carbocycles. The summed E-state index contributed by atoms with van der Waals surface area (Å²) in [6.45, 7) is 2.27. The van der Waals surface area contributed by atoms with Gasteiger partial charge in [0.1, 0.15) is 5.82 Å². The Hall–Kier alpha value is -4.10. The molecule has 1 aliphatic heterocycles. The summed E-state index contributed by atoms with van der Waals surface area (Å²) in [6, 6.07) is 15.1. The van der Waals surface area contributed by atoms with Crippen LogP contribution < -0.4 is 0 Å². The van der Waals surface area contributed by atoms with Crippen LogP contribution >= 0.6 is 0 Å². The predicted molar refractivity (Wildman–Crippen MR) is 145 cm³/mol. The average Bonchev–Trinajstić information content (AvgIpc) is 3.37. The molecule has 0 bridgehead atoms. The third-order valence-corrected chi connectivity index (χ3v) is 10.3.